The molecule has 2 rings (SSSR count). The van der Waals surface area contributed by atoms with Gasteiger partial charge < -0.3 is 0 Å². The van der Waals surface area contributed by atoms with Crippen LogP contribution >= 0.6 is 11.8 Å². The van der Waals surface area contributed by atoms with Gasteiger partial charge in [-0.2, -0.15) is 0 Å². The first-order valence-corrected chi connectivity index (χ1v) is 6.16. The monoisotopic (exact) mass is 240 g/mol. The molecule has 0 bridgehead atoms. The topological polar surface area (TPSA) is 17.1 Å². The van der Waals surface area contributed by atoms with Crippen molar-refractivity contribution in [3.8, 4) is 0 Å². The Hall–Kier alpha value is -1.80. The smallest absolute Gasteiger partial charge is 0.216 e. The molecule has 2 heteroatoms. The Morgan fingerprint density at radius 2 is 1.47 bits per heavy atom. The average molecular weight is 240 g/mol. The Bertz CT molecular complexity index is 503. The van der Waals surface area contributed by atoms with Crippen molar-refractivity contribution in [3.63, 3.8) is 0 Å². The van der Waals surface area contributed by atoms with Crippen LogP contribution in [-0.2, 0) is 4.79 Å². The van der Waals surface area contributed by atoms with Crippen molar-refractivity contribution in [1.82, 2.24) is 0 Å². The Morgan fingerprint density at radius 1 is 0.882 bits per heavy atom. The van der Waals surface area contributed by atoms with E-state index in [1.807, 2.05) is 66.7 Å². The zero-order chi connectivity index (χ0) is 11.9. The van der Waals surface area contributed by atoms with E-state index in [9.17, 15) is 4.79 Å². The highest BCUT2D eigenvalue weighted by atomic mass is 32.2. The van der Waals surface area contributed by atoms with Crippen molar-refractivity contribution in [2.45, 2.75) is 4.90 Å². The molecule has 0 atom stereocenters. The Labute approximate surface area is 105 Å². The molecule has 0 saturated heterocycles. The van der Waals surface area contributed by atoms with Gasteiger partial charge in [0.1, 0.15) is 0 Å². The predicted molar refractivity (Wildman–Crippen MR) is 72.8 cm³/mol. The van der Waals surface area contributed by atoms with Gasteiger partial charge in [0, 0.05) is 4.90 Å². The summed E-state index contributed by atoms with van der Waals surface area (Å²) in [6, 6.07) is 19.5. The number of hydrogen-bond acceptors (Lipinski definition) is 2. The number of hydrogen-bond donors (Lipinski definition) is 0. The highest BCUT2D eigenvalue weighted by molar-refractivity contribution is 8.14. The summed E-state index contributed by atoms with van der Waals surface area (Å²) in [5.41, 5.74) is 1.04. The summed E-state index contributed by atoms with van der Waals surface area (Å²) in [5.74, 6) is 0. The number of rotatable bonds is 3. The van der Waals surface area contributed by atoms with Gasteiger partial charge in [-0.25, -0.2) is 0 Å². The molecule has 0 N–H and O–H groups in total. The molecule has 0 aromatic heterocycles. The van der Waals surface area contributed by atoms with E-state index < -0.39 is 0 Å². The van der Waals surface area contributed by atoms with E-state index in [0.29, 0.717) is 0 Å². The minimum absolute atomic E-state index is 0.0417. The highest BCUT2D eigenvalue weighted by Gasteiger charge is 1.99. The van der Waals surface area contributed by atoms with Gasteiger partial charge >= 0.3 is 0 Å². The fourth-order valence-electron chi connectivity index (χ4n) is 1.37. The third-order valence-corrected chi connectivity index (χ3v) is 3.02. The van der Waals surface area contributed by atoms with E-state index in [2.05, 4.69) is 0 Å². The van der Waals surface area contributed by atoms with Crippen LogP contribution in [0.5, 0.6) is 0 Å². The Morgan fingerprint density at radius 3 is 2.12 bits per heavy atom. The van der Waals surface area contributed by atoms with Crippen LogP contribution in [-0.4, -0.2) is 5.12 Å². The normalized spacial score (nSPS) is 10.6. The molecule has 0 aliphatic heterocycles. The van der Waals surface area contributed by atoms with E-state index >= 15 is 0 Å². The van der Waals surface area contributed by atoms with Crippen LogP contribution in [0.2, 0.25) is 0 Å². The van der Waals surface area contributed by atoms with Gasteiger partial charge in [-0.1, -0.05) is 54.6 Å². The SMILES string of the molecule is O=C(/C=C/c1ccccc1)Sc1ccccc1. The maximum Gasteiger partial charge on any atom is 0.216 e. The number of benzene rings is 2. The van der Waals surface area contributed by atoms with Crippen LogP contribution in [0.25, 0.3) is 6.08 Å². The summed E-state index contributed by atoms with van der Waals surface area (Å²) >= 11 is 1.24. The molecule has 0 saturated carbocycles. The molecule has 17 heavy (non-hydrogen) atoms. The average Bonchev–Trinajstić information content (AvgIpc) is 2.39. The van der Waals surface area contributed by atoms with Gasteiger partial charge in [0.15, 0.2) is 0 Å². The maximum absolute atomic E-state index is 11.7. The second-order valence-electron chi connectivity index (χ2n) is 3.48. The molecule has 1 nitrogen and oxygen atoms in total. The van der Waals surface area contributed by atoms with E-state index in [1.165, 1.54) is 11.8 Å². The summed E-state index contributed by atoms with van der Waals surface area (Å²) in [7, 11) is 0. The minimum Gasteiger partial charge on any atom is -0.282 e. The molecule has 84 valence electrons. The van der Waals surface area contributed by atoms with Gasteiger partial charge in [0.25, 0.3) is 0 Å². The fraction of sp³-hybridized carbons (Fsp3) is 0. The van der Waals surface area contributed by atoms with Crippen molar-refractivity contribution >= 4 is 23.0 Å². The van der Waals surface area contributed by atoms with Crippen LogP contribution in [0.15, 0.2) is 71.6 Å². The molecule has 0 unspecified atom stereocenters. The van der Waals surface area contributed by atoms with Crippen LogP contribution in [0, 0.1) is 0 Å². The quantitative estimate of drug-likeness (QED) is 0.595. The zero-order valence-corrected chi connectivity index (χ0v) is 10.1. The lowest BCUT2D eigenvalue weighted by atomic mass is 10.2. The van der Waals surface area contributed by atoms with Crippen molar-refractivity contribution in [1.29, 1.82) is 0 Å². The molecule has 0 radical (unpaired) electrons. The summed E-state index contributed by atoms with van der Waals surface area (Å²) in [5, 5.41) is 0.0417. The van der Waals surface area contributed by atoms with Crippen molar-refractivity contribution in [2.24, 2.45) is 0 Å². The second-order valence-corrected chi connectivity index (χ2v) is 4.56. The molecule has 0 aliphatic rings. The number of carbonyl (C=O) groups is 1. The van der Waals surface area contributed by atoms with E-state index in [-0.39, 0.29) is 5.12 Å². The van der Waals surface area contributed by atoms with Crippen LogP contribution in [0.4, 0.5) is 0 Å². The summed E-state index contributed by atoms with van der Waals surface area (Å²) in [6.45, 7) is 0. The van der Waals surface area contributed by atoms with Crippen molar-refractivity contribution in [3.05, 3.63) is 72.3 Å². The first kappa shape index (κ1) is 11.7. The summed E-state index contributed by atoms with van der Waals surface area (Å²) in [4.78, 5) is 12.6. The second kappa shape index (κ2) is 6.06. The van der Waals surface area contributed by atoms with Gasteiger partial charge in [-0.3, -0.25) is 4.79 Å². The Balaban J connectivity index is 1.96. The molecule has 0 aliphatic carbocycles. The van der Waals surface area contributed by atoms with E-state index in [0.717, 1.165) is 10.5 Å². The molecule has 0 spiro atoms. The van der Waals surface area contributed by atoms with Gasteiger partial charge in [-0.05, 0) is 35.5 Å². The summed E-state index contributed by atoms with van der Waals surface area (Å²) < 4.78 is 0. The van der Waals surface area contributed by atoms with E-state index in [1.54, 1.807) is 6.08 Å². The first-order chi connectivity index (χ1) is 8.34. The number of thioether (sulfide) groups is 1. The minimum atomic E-state index is 0.0417. The van der Waals surface area contributed by atoms with Crippen LogP contribution in [0.1, 0.15) is 5.56 Å². The first-order valence-electron chi connectivity index (χ1n) is 5.34. The van der Waals surface area contributed by atoms with Gasteiger partial charge in [0.2, 0.25) is 5.12 Å². The van der Waals surface area contributed by atoms with Crippen molar-refractivity contribution in [2.75, 3.05) is 0 Å². The molecule has 0 amide bonds. The molecular weight excluding hydrogens is 228 g/mol. The van der Waals surface area contributed by atoms with Crippen molar-refractivity contribution < 1.29 is 4.79 Å². The lowest BCUT2D eigenvalue weighted by Gasteiger charge is -1.95. The molecule has 0 heterocycles. The molecule has 2 aromatic rings. The van der Waals surface area contributed by atoms with E-state index in [4.69, 9.17) is 0 Å². The predicted octanol–water partition coefficient (Wildman–Crippen LogP) is 4.02. The zero-order valence-electron chi connectivity index (χ0n) is 9.24. The standard InChI is InChI=1S/C15H12OS/c16-15(17-14-9-5-2-6-10-14)12-11-13-7-3-1-4-8-13/h1-12H/b12-11+. The van der Waals surface area contributed by atoms with Crippen LogP contribution < -0.4 is 0 Å². The Kier molecular flexibility index (Phi) is 4.17. The van der Waals surface area contributed by atoms with Gasteiger partial charge in [0.05, 0.1) is 0 Å². The third-order valence-electron chi connectivity index (χ3n) is 2.17. The fourth-order valence-corrected chi connectivity index (χ4v) is 2.03. The lowest BCUT2D eigenvalue weighted by Crippen LogP contribution is -1.84. The van der Waals surface area contributed by atoms with Gasteiger partial charge in [-0.15, -0.1) is 0 Å². The lowest BCUT2D eigenvalue weighted by molar-refractivity contribution is -0.106. The van der Waals surface area contributed by atoms with Crippen LogP contribution in [0.3, 0.4) is 0 Å². The summed E-state index contributed by atoms with van der Waals surface area (Å²) in [6.07, 6.45) is 3.44. The maximum atomic E-state index is 11.7. The molecule has 0 fully saturated rings. The molecular formula is C15H12OS. The molecule has 2 aromatic carbocycles. The highest BCUT2D eigenvalue weighted by Crippen LogP contribution is 2.18. The number of carbonyl (C=O) groups excluding carboxylic acids is 1. The largest absolute Gasteiger partial charge is 0.282 e. The third kappa shape index (κ3) is 3.93.